The average Bonchev–Trinajstić information content (AvgIpc) is 2.15. The number of hydrogen-bond donors (Lipinski definition) is 3. The quantitative estimate of drug-likeness (QED) is 0.324. The van der Waals surface area contributed by atoms with Crippen molar-refractivity contribution in [3.05, 3.63) is 0 Å². The van der Waals surface area contributed by atoms with E-state index >= 15 is 0 Å². The van der Waals surface area contributed by atoms with E-state index in [9.17, 15) is 0 Å². The summed E-state index contributed by atoms with van der Waals surface area (Å²) in [6.07, 6.45) is 0. The molecule has 0 saturated heterocycles. The van der Waals surface area contributed by atoms with Crippen molar-refractivity contribution in [2.75, 3.05) is 26.2 Å². The van der Waals surface area contributed by atoms with Gasteiger partial charge in [-0.3, -0.25) is 0 Å². The number of aliphatic hydroxyl groups excluding tert-OH is 1. The van der Waals surface area contributed by atoms with Gasteiger partial charge >= 0.3 is 46.6 Å². The maximum absolute atomic E-state index is 8.89. The zero-order valence-corrected chi connectivity index (χ0v) is 15.8. The van der Waals surface area contributed by atoms with Crippen LogP contribution in [0.2, 0.25) is 0 Å². The van der Waals surface area contributed by atoms with Crippen LogP contribution in [0.4, 0.5) is 0 Å². The van der Waals surface area contributed by atoms with Gasteiger partial charge in [-0.2, -0.15) is 0 Å². The van der Waals surface area contributed by atoms with Crippen LogP contribution in [0.1, 0.15) is 20.8 Å². The van der Waals surface area contributed by atoms with Gasteiger partial charge < -0.3 is 45.9 Å². The number of carboxylic acids is 3. The Morgan fingerprint density at radius 2 is 1.19 bits per heavy atom. The number of carbonyl (C=O) groups excluding carboxylic acids is 3. The van der Waals surface area contributed by atoms with Crippen LogP contribution < -0.4 is 55.9 Å². The molecule has 0 rings (SSSR count). The summed E-state index contributed by atoms with van der Waals surface area (Å²) in [6, 6.07) is 0. The van der Waals surface area contributed by atoms with E-state index in [4.69, 9.17) is 40.5 Å². The Kier molecular flexibility index (Phi) is 65.2. The minimum absolute atomic E-state index is 0. The van der Waals surface area contributed by atoms with Crippen molar-refractivity contribution in [3.8, 4) is 0 Å². The van der Waals surface area contributed by atoms with E-state index in [-0.39, 0.29) is 53.2 Å². The molecule has 0 spiro atoms. The third kappa shape index (κ3) is 433. The molecule has 0 aliphatic rings. The summed E-state index contributed by atoms with van der Waals surface area (Å²) in [4.78, 5) is 26.7. The third-order valence-corrected chi connectivity index (χ3v) is 0.610. The number of carboxylic acid groups (broad SMARTS) is 3. The zero-order valence-electron chi connectivity index (χ0n) is 12.7. The molecule has 0 amide bonds. The van der Waals surface area contributed by atoms with Gasteiger partial charge in [0.2, 0.25) is 0 Å². The number of hydrogen-bond acceptors (Lipinski definition) is 9. The van der Waals surface area contributed by atoms with Gasteiger partial charge in [0.1, 0.15) is 0 Å². The summed E-state index contributed by atoms with van der Waals surface area (Å²) in [5.41, 5.74) is 5.13. The number of rotatable bonds is 4. The van der Waals surface area contributed by atoms with Gasteiger partial charge in [0.15, 0.2) is 0 Å². The molecule has 122 valence electrons. The predicted octanol–water partition coefficient (Wildman–Crippen LogP) is -8.20. The Balaban J connectivity index is -0.0000000359. The SMILES string of the molecule is CC(=O)[O-].CC(=O)[O-].CC(=O)[O-].NCCNCCO.[Fe+2].[Na+]. The molecule has 0 heterocycles. The molecule has 9 nitrogen and oxygen atoms in total. The van der Waals surface area contributed by atoms with Gasteiger partial charge in [-0.1, -0.05) is 0 Å². The Labute approximate surface area is 157 Å². The maximum atomic E-state index is 8.89. The first-order chi connectivity index (χ1) is 8.61. The topological polar surface area (TPSA) is 179 Å². The predicted molar refractivity (Wildman–Crippen MR) is 61.1 cm³/mol. The zero-order chi connectivity index (χ0) is 16.3. The second kappa shape index (κ2) is 36.8. The molecule has 4 N–H and O–H groups in total. The van der Waals surface area contributed by atoms with Crippen LogP contribution in [0, 0.1) is 0 Å². The Hall–Kier alpha value is -0.191. The molecule has 0 aromatic rings. The molecule has 0 aromatic heterocycles. The van der Waals surface area contributed by atoms with Crippen LogP contribution in [-0.4, -0.2) is 49.3 Å². The molecule has 11 heteroatoms. The Morgan fingerprint density at radius 1 is 0.952 bits per heavy atom. The van der Waals surface area contributed by atoms with Crippen LogP contribution in [0.25, 0.3) is 0 Å². The van der Waals surface area contributed by atoms with Crippen molar-refractivity contribution in [2.24, 2.45) is 5.73 Å². The fourth-order valence-electron chi connectivity index (χ4n) is 0.306. The van der Waals surface area contributed by atoms with Crippen molar-refractivity contribution < 1.29 is 81.4 Å². The molecule has 0 aliphatic carbocycles. The second-order valence-electron chi connectivity index (χ2n) is 2.74. The average molecular weight is 360 g/mol. The van der Waals surface area contributed by atoms with E-state index in [0.717, 1.165) is 27.3 Å². The van der Waals surface area contributed by atoms with Crippen LogP contribution in [-0.2, 0) is 31.5 Å². The summed E-state index contributed by atoms with van der Waals surface area (Å²) < 4.78 is 0. The van der Waals surface area contributed by atoms with E-state index in [2.05, 4.69) is 5.32 Å². The molecular formula is C10H21FeN2NaO7. The van der Waals surface area contributed by atoms with E-state index < -0.39 is 17.9 Å². The minimum atomic E-state index is -1.08. The fraction of sp³-hybridized carbons (Fsp3) is 0.700. The van der Waals surface area contributed by atoms with Crippen LogP contribution in [0.3, 0.4) is 0 Å². The van der Waals surface area contributed by atoms with Crippen LogP contribution in [0.5, 0.6) is 0 Å². The van der Waals surface area contributed by atoms with E-state index in [1.165, 1.54) is 0 Å². The number of nitrogens with one attached hydrogen (secondary N) is 1. The van der Waals surface area contributed by atoms with Crippen LogP contribution in [0.15, 0.2) is 0 Å². The Bertz CT molecular complexity index is 189. The summed E-state index contributed by atoms with van der Waals surface area (Å²) in [5, 5.41) is 37.8. The van der Waals surface area contributed by atoms with Gasteiger partial charge in [0, 0.05) is 37.5 Å². The number of nitrogens with two attached hydrogens (primary N) is 1. The fourth-order valence-corrected chi connectivity index (χ4v) is 0.306. The first-order valence-electron chi connectivity index (χ1n) is 5.16. The van der Waals surface area contributed by atoms with E-state index in [1.54, 1.807) is 0 Å². The van der Waals surface area contributed by atoms with Crippen LogP contribution >= 0.6 is 0 Å². The number of aliphatic hydroxyl groups is 1. The molecule has 0 atom stereocenters. The molecule has 21 heavy (non-hydrogen) atoms. The van der Waals surface area contributed by atoms with Gasteiger partial charge in [0.25, 0.3) is 0 Å². The first-order valence-corrected chi connectivity index (χ1v) is 5.16. The summed E-state index contributed by atoms with van der Waals surface area (Å²) in [6.45, 7) is 5.19. The van der Waals surface area contributed by atoms with E-state index in [1.807, 2.05) is 0 Å². The van der Waals surface area contributed by atoms with Crippen molar-refractivity contribution in [2.45, 2.75) is 20.8 Å². The largest absolute Gasteiger partial charge is 2.00 e. The van der Waals surface area contributed by atoms with E-state index in [0.29, 0.717) is 13.1 Å². The Morgan fingerprint density at radius 3 is 1.33 bits per heavy atom. The number of carbonyl (C=O) groups is 3. The molecule has 0 bridgehead atoms. The van der Waals surface area contributed by atoms with Gasteiger partial charge in [-0.25, -0.2) is 0 Å². The molecule has 0 aromatic carbocycles. The minimum Gasteiger partial charge on any atom is -0.550 e. The van der Waals surface area contributed by atoms with Crippen molar-refractivity contribution in [1.82, 2.24) is 5.32 Å². The molecule has 0 radical (unpaired) electrons. The normalized spacial score (nSPS) is 6.71. The van der Waals surface area contributed by atoms with Crippen molar-refractivity contribution >= 4 is 17.9 Å². The standard InChI is InChI=1S/C4H12N2O.3C2H4O2.Fe.Na/c5-1-2-6-3-4-7;3*1-2(3)4;;/h6-7H,1-5H2;3*1H3,(H,3,4);;/q;;;;+2;+1/p-3. The third-order valence-electron chi connectivity index (χ3n) is 0.610. The van der Waals surface area contributed by atoms with Gasteiger partial charge in [-0.15, -0.1) is 0 Å². The maximum Gasteiger partial charge on any atom is 2.00 e. The summed E-state index contributed by atoms with van der Waals surface area (Å²) in [5.74, 6) is -3.25. The molecule has 0 fully saturated rings. The first kappa shape index (κ1) is 37.2. The monoisotopic (exact) mass is 360 g/mol. The molecule has 0 unspecified atom stereocenters. The van der Waals surface area contributed by atoms with Gasteiger partial charge in [0.05, 0.1) is 6.61 Å². The number of aliphatic carboxylic acids is 3. The van der Waals surface area contributed by atoms with Gasteiger partial charge in [-0.05, 0) is 20.8 Å². The summed E-state index contributed by atoms with van der Waals surface area (Å²) >= 11 is 0. The van der Waals surface area contributed by atoms with Crippen molar-refractivity contribution in [1.29, 1.82) is 0 Å². The van der Waals surface area contributed by atoms with Crippen molar-refractivity contribution in [3.63, 3.8) is 0 Å². The second-order valence-corrected chi connectivity index (χ2v) is 2.74. The smallest absolute Gasteiger partial charge is 0.550 e. The molecular weight excluding hydrogens is 339 g/mol. The molecule has 0 saturated carbocycles. The summed E-state index contributed by atoms with van der Waals surface area (Å²) in [7, 11) is 0. The molecule has 0 aliphatic heterocycles.